The number of imide groups is 2. The van der Waals surface area contributed by atoms with Gasteiger partial charge in [-0.25, -0.2) is 9.69 Å². The van der Waals surface area contributed by atoms with Crippen LogP contribution in [-0.2, 0) is 9.59 Å². The van der Waals surface area contributed by atoms with Crippen molar-refractivity contribution < 1.29 is 23.9 Å². The molecule has 0 saturated carbocycles. The molecule has 34 heavy (non-hydrogen) atoms. The fraction of sp³-hybridized carbons (Fsp3) is 0.346. The maximum absolute atomic E-state index is 13.3. The Labute approximate surface area is 198 Å². The Kier molecular flexibility index (Phi) is 4.93. The summed E-state index contributed by atoms with van der Waals surface area (Å²) in [5.74, 6) is -0.104. The summed E-state index contributed by atoms with van der Waals surface area (Å²) in [4.78, 5) is 41.8. The van der Waals surface area contributed by atoms with Gasteiger partial charge < -0.3 is 14.4 Å². The average molecular weight is 462 g/mol. The van der Waals surface area contributed by atoms with Gasteiger partial charge in [-0.2, -0.15) is 0 Å². The highest BCUT2D eigenvalue weighted by atomic mass is 16.7. The molecule has 8 heteroatoms. The molecule has 5 rings (SSSR count). The van der Waals surface area contributed by atoms with E-state index < -0.39 is 17.8 Å². The Morgan fingerprint density at radius 2 is 1.82 bits per heavy atom. The van der Waals surface area contributed by atoms with Crippen molar-refractivity contribution in [2.45, 2.75) is 45.6 Å². The van der Waals surface area contributed by atoms with Gasteiger partial charge >= 0.3 is 6.03 Å². The highest BCUT2D eigenvalue weighted by Gasteiger charge is 2.38. The third-order valence-electron chi connectivity index (χ3n) is 7.04. The highest BCUT2D eigenvalue weighted by Crippen LogP contribution is 2.44. The molecule has 0 bridgehead atoms. The van der Waals surface area contributed by atoms with Crippen LogP contribution in [0.1, 0.15) is 49.8 Å². The van der Waals surface area contributed by atoms with Gasteiger partial charge in [-0.15, -0.1) is 0 Å². The van der Waals surface area contributed by atoms with Crippen molar-refractivity contribution in [3.63, 3.8) is 0 Å². The lowest BCUT2D eigenvalue weighted by Crippen LogP contribution is -2.54. The lowest BCUT2D eigenvalue weighted by atomic mass is 9.79. The number of nitrogens with zero attached hydrogens (tertiary/aromatic N) is 2. The van der Waals surface area contributed by atoms with E-state index in [0.29, 0.717) is 23.1 Å². The van der Waals surface area contributed by atoms with E-state index in [1.54, 1.807) is 24.3 Å². The number of anilines is 2. The van der Waals surface area contributed by atoms with Crippen molar-refractivity contribution in [3.8, 4) is 11.5 Å². The number of carbonyl (C=O) groups is 3. The molecule has 1 fully saturated rings. The van der Waals surface area contributed by atoms with E-state index in [4.69, 9.17) is 9.47 Å². The summed E-state index contributed by atoms with van der Waals surface area (Å²) >= 11 is 0. The molecular formula is C26H27N3O5. The van der Waals surface area contributed by atoms with E-state index in [2.05, 4.69) is 50.2 Å². The quantitative estimate of drug-likeness (QED) is 0.535. The molecule has 3 heterocycles. The second kappa shape index (κ2) is 7.62. The van der Waals surface area contributed by atoms with Crippen molar-refractivity contribution >= 4 is 35.3 Å². The summed E-state index contributed by atoms with van der Waals surface area (Å²) in [6.45, 7) is 8.68. The molecule has 0 aromatic heterocycles. The van der Waals surface area contributed by atoms with Gasteiger partial charge in [0.2, 0.25) is 6.79 Å². The number of barbiturate groups is 1. The van der Waals surface area contributed by atoms with Crippen LogP contribution < -0.4 is 24.6 Å². The van der Waals surface area contributed by atoms with Crippen LogP contribution in [-0.4, -0.2) is 37.2 Å². The third kappa shape index (κ3) is 3.41. The number of hydrogen-bond donors (Lipinski definition) is 1. The SMILES string of the molecule is Cc1cc2c(cc1/C=C1\C(=O)NC(=O)N(c3ccc4c(c3)OCO4)C1=O)[C@@H](C)CC(C)(C)N2C. The number of carbonyl (C=O) groups excluding carboxylic acids is 3. The summed E-state index contributed by atoms with van der Waals surface area (Å²) in [7, 11) is 2.09. The van der Waals surface area contributed by atoms with E-state index in [1.165, 1.54) is 5.56 Å². The zero-order valence-electron chi connectivity index (χ0n) is 19.9. The minimum Gasteiger partial charge on any atom is -0.454 e. The Morgan fingerprint density at radius 3 is 2.59 bits per heavy atom. The van der Waals surface area contributed by atoms with Crippen LogP contribution in [0.2, 0.25) is 0 Å². The minimum atomic E-state index is -0.800. The number of rotatable bonds is 2. The van der Waals surface area contributed by atoms with Gasteiger partial charge in [-0.05, 0) is 80.1 Å². The molecule has 2 aromatic rings. The van der Waals surface area contributed by atoms with E-state index in [0.717, 1.165) is 28.1 Å². The first-order valence-corrected chi connectivity index (χ1v) is 11.3. The normalized spacial score (nSPS) is 22.2. The fourth-order valence-electron chi connectivity index (χ4n) is 4.96. The number of urea groups is 1. The van der Waals surface area contributed by atoms with Gasteiger partial charge in [0.25, 0.3) is 11.8 Å². The van der Waals surface area contributed by atoms with Crippen LogP contribution in [0, 0.1) is 6.92 Å². The van der Waals surface area contributed by atoms with Crippen LogP contribution in [0.4, 0.5) is 16.2 Å². The van der Waals surface area contributed by atoms with E-state index >= 15 is 0 Å². The van der Waals surface area contributed by atoms with Crippen LogP contribution >= 0.6 is 0 Å². The molecule has 1 N–H and O–H groups in total. The van der Waals surface area contributed by atoms with Crippen LogP contribution in [0.3, 0.4) is 0 Å². The largest absolute Gasteiger partial charge is 0.454 e. The number of ether oxygens (including phenoxy) is 2. The third-order valence-corrected chi connectivity index (χ3v) is 7.04. The fourth-order valence-corrected chi connectivity index (χ4v) is 4.96. The molecular weight excluding hydrogens is 434 g/mol. The van der Waals surface area contributed by atoms with E-state index in [-0.39, 0.29) is 17.9 Å². The minimum absolute atomic E-state index is 0.0313. The topological polar surface area (TPSA) is 88.2 Å². The van der Waals surface area contributed by atoms with Crippen molar-refractivity contribution in [2.24, 2.45) is 0 Å². The molecule has 4 amide bonds. The van der Waals surface area contributed by atoms with E-state index in [9.17, 15) is 14.4 Å². The molecule has 0 radical (unpaired) electrons. The molecule has 0 aliphatic carbocycles. The molecule has 8 nitrogen and oxygen atoms in total. The second-order valence-electron chi connectivity index (χ2n) is 9.74. The Bertz CT molecular complexity index is 1280. The monoisotopic (exact) mass is 461 g/mol. The number of aryl methyl sites for hydroxylation is 1. The van der Waals surface area contributed by atoms with Crippen molar-refractivity contribution in [3.05, 3.63) is 52.6 Å². The number of amides is 4. The molecule has 3 aliphatic rings. The predicted octanol–water partition coefficient (Wildman–Crippen LogP) is 4.11. The molecule has 2 aromatic carbocycles. The van der Waals surface area contributed by atoms with Gasteiger partial charge in [0, 0.05) is 24.3 Å². The molecule has 1 atom stereocenters. The lowest BCUT2D eigenvalue weighted by Gasteiger charge is -2.45. The molecule has 176 valence electrons. The summed E-state index contributed by atoms with van der Waals surface area (Å²) in [6.07, 6.45) is 2.56. The maximum Gasteiger partial charge on any atom is 0.335 e. The van der Waals surface area contributed by atoms with Crippen LogP contribution in [0.5, 0.6) is 11.5 Å². The molecule has 0 unspecified atom stereocenters. The Morgan fingerprint density at radius 1 is 1.09 bits per heavy atom. The first kappa shape index (κ1) is 22.0. The van der Waals surface area contributed by atoms with Gasteiger partial charge in [0.05, 0.1) is 5.69 Å². The Hall–Kier alpha value is -3.81. The molecule has 3 aliphatic heterocycles. The standard InChI is InChI=1S/C26H27N3O5/c1-14-8-20-18(15(2)12-26(3,4)28(20)5)9-16(14)10-19-23(30)27-25(32)29(24(19)31)17-6-7-21-22(11-17)34-13-33-21/h6-11,15H,12-13H2,1-5H3,(H,27,30,32)/b19-10+/t15-/m0/s1. The van der Waals surface area contributed by atoms with E-state index in [1.807, 2.05) is 6.92 Å². The summed E-state index contributed by atoms with van der Waals surface area (Å²) in [5.41, 5.74) is 4.27. The predicted molar refractivity (Wildman–Crippen MR) is 128 cm³/mol. The number of hydrogen-bond acceptors (Lipinski definition) is 6. The molecule has 1 saturated heterocycles. The van der Waals surface area contributed by atoms with Crippen LogP contribution in [0.25, 0.3) is 6.08 Å². The first-order chi connectivity index (χ1) is 16.1. The maximum atomic E-state index is 13.3. The number of benzene rings is 2. The summed E-state index contributed by atoms with van der Waals surface area (Å²) < 4.78 is 10.7. The summed E-state index contributed by atoms with van der Waals surface area (Å²) in [6, 6.07) is 8.12. The van der Waals surface area contributed by atoms with Gasteiger partial charge in [-0.3, -0.25) is 14.9 Å². The lowest BCUT2D eigenvalue weighted by molar-refractivity contribution is -0.122. The van der Waals surface area contributed by atoms with Gasteiger partial charge in [0.15, 0.2) is 11.5 Å². The zero-order chi connectivity index (χ0) is 24.4. The summed E-state index contributed by atoms with van der Waals surface area (Å²) in [5, 5.41) is 2.28. The second-order valence-corrected chi connectivity index (χ2v) is 9.74. The molecule has 0 spiro atoms. The smallest absolute Gasteiger partial charge is 0.335 e. The van der Waals surface area contributed by atoms with Crippen molar-refractivity contribution in [2.75, 3.05) is 23.6 Å². The van der Waals surface area contributed by atoms with Gasteiger partial charge in [-0.1, -0.05) is 6.92 Å². The van der Waals surface area contributed by atoms with Gasteiger partial charge in [0.1, 0.15) is 5.57 Å². The number of nitrogens with one attached hydrogen (secondary N) is 1. The Balaban J connectivity index is 1.54. The number of fused-ring (bicyclic) bond motifs is 2. The zero-order valence-corrected chi connectivity index (χ0v) is 19.9. The van der Waals surface area contributed by atoms with Crippen LogP contribution in [0.15, 0.2) is 35.9 Å². The average Bonchev–Trinajstić information content (AvgIpc) is 3.23. The van der Waals surface area contributed by atoms with Crippen molar-refractivity contribution in [1.29, 1.82) is 0 Å². The highest BCUT2D eigenvalue weighted by molar-refractivity contribution is 6.39. The first-order valence-electron chi connectivity index (χ1n) is 11.3. The van der Waals surface area contributed by atoms with Crippen molar-refractivity contribution in [1.82, 2.24) is 5.32 Å².